The number of rotatable bonds is 4. The zero-order valence-corrected chi connectivity index (χ0v) is 13.2. The normalized spacial score (nSPS) is 16.7. The van der Waals surface area contributed by atoms with Crippen LogP contribution in [-0.2, 0) is 0 Å². The minimum Gasteiger partial charge on any atom is -0.328 e. The summed E-state index contributed by atoms with van der Waals surface area (Å²) in [4.78, 5) is 29.6. The number of pyridine rings is 1. The molecule has 1 aromatic heterocycles. The Morgan fingerprint density at radius 3 is 2.70 bits per heavy atom. The molecule has 0 bridgehead atoms. The molecule has 3 rings (SSSR count). The fraction of sp³-hybridized carbons (Fsp3) is 0.263. The molecule has 23 heavy (non-hydrogen) atoms. The Bertz CT molecular complexity index is 777. The molecule has 1 aliphatic rings. The molecule has 0 spiro atoms. The van der Waals surface area contributed by atoms with Crippen molar-refractivity contribution in [3.8, 4) is 11.3 Å². The maximum absolute atomic E-state index is 12.7. The minimum absolute atomic E-state index is 0.0979. The lowest BCUT2D eigenvalue weighted by atomic mass is 10.1. The van der Waals surface area contributed by atoms with Crippen molar-refractivity contribution in [2.75, 3.05) is 6.54 Å². The van der Waals surface area contributed by atoms with Gasteiger partial charge in [-0.1, -0.05) is 55.8 Å². The number of carbonyl (C=O) groups excluding carboxylic acids is 1. The van der Waals surface area contributed by atoms with Gasteiger partial charge in [-0.15, -0.1) is 0 Å². The van der Waals surface area contributed by atoms with E-state index in [1.54, 1.807) is 17.0 Å². The molecular formula is C19H20N2O2. The van der Waals surface area contributed by atoms with E-state index in [9.17, 15) is 9.59 Å². The summed E-state index contributed by atoms with van der Waals surface area (Å²) in [5.41, 5.74) is 1.51. The first-order valence-corrected chi connectivity index (χ1v) is 7.97. The van der Waals surface area contributed by atoms with Crippen molar-refractivity contribution in [3.05, 3.63) is 70.5 Å². The lowest BCUT2D eigenvalue weighted by molar-refractivity contribution is 0.0742. The Morgan fingerprint density at radius 1 is 1.22 bits per heavy atom. The van der Waals surface area contributed by atoms with E-state index in [-0.39, 0.29) is 23.1 Å². The van der Waals surface area contributed by atoms with Gasteiger partial charge in [0.25, 0.3) is 11.5 Å². The minimum atomic E-state index is -0.335. The molecule has 1 N–H and O–H groups in total. The van der Waals surface area contributed by atoms with Crippen LogP contribution in [0.3, 0.4) is 0 Å². The summed E-state index contributed by atoms with van der Waals surface area (Å²) < 4.78 is 0. The Hall–Kier alpha value is -2.62. The van der Waals surface area contributed by atoms with E-state index in [4.69, 9.17) is 0 Å². The van der Waals surface area contributed by atoms with Crippen LogP contribution in [0.2, 0.25) is 0 Å². The predicted octanol–water partition coefficient (Wildman–Crippen LogP) is 3.22. The van der Waals surface area contributed by atoms with Gasteiger partial charge in [0.1, 0.15) is 5.56 Å². The van der Waals surface area contributed by atoms with E-state index in [1.807, 2.05) is 42.5 Å². The molecule has 118 valence electrons. The molecule has 0 fully saturated rings. The van der Waals surface area contributed by atoms with Crippen molar-refractivity contribution >= 4 is 5.91 Å². The molecule has 1 atom stereocenters. The molecule has 0 unspecified atom stereocenters. The van der Waals surface area contributed by atoms with Gasteiger partial charge >= 0.3 is 0 Å². The molecule has 2 heterocycles. The van der Waals surface area contributed by atoms with Gasteiger partial charge in [0.15, 0.2) is 0 Å². The summed E-state index contributed by atoms with van der Waals surface area (Å²) in [6.45, 7) is 2.67. The molecule has 4 heteroatoms. The van der Waals surface area contributed by atoms with Gasteiger partial charge in [0.05, 0.1) is 6.04 Å². The quantitative estimate of drug-likeness (QED) is 0.882. The van der Waals surface area contributed by atoms with Crippen LogP contribution < -0.4 is 5.56 Å². The average Bonchev–Trinajstić information content (AvgIpc) is 3.03. The van der Waals surface area contributed by atoms with Gasteiger partial charge < -0.3 is 9.88 Å². The van der Waals surface area contributed by atoms with Crippen molar-refractivity contribution < 1.29 is 4.79 Å². The first kappa shape index (κ1) is 15.3. The molecule has 0 aliphatic carbocycles. The van der Waals surface area contributed by atoms with E-state index in [1.165, 1.54) is 0 Å². The van der Waals surface area contributed by atoms with Gasteiger partial charge in [0.2, 0.25) is 0 Å². The van der Waals surface area contributed by atoms with Crippen LogP contribution in [0.1, 0.15) is 30.1 Å². The zero-order valence-electron chi connectivity index (χ0n) is 13.2. The second kappa shape index (κ2) is 6.65. The fourth-order valence-electron chi connectivity index (χ4n) is 2.94. The van der Waals surface area contributed by atoms with Crippen LogP contribution in [0.25, 0.3) is 11.3 Å². The summed E-state index contributed by atoms with van der Waals surface area (Å²) >= 11 is 0. The first-order chi connectivity index (χ1) is 11.2. The predicted molar refractivity (Wildman–Crippen MR) is 91.4 cm³/mol. The highest BCUT2D eigenvalue weighted by Crippen LogP contribution is 2.19. The maximum atomic E-state index is 12.7. The number of nitrogens with one attached hydrogen (secondary N) is 1. The molecule has 4 nitrogen and oxygen atoms in total. The molecule has 0 saturated heterocycles. The van der Waals surface area contributed by atoms with E-state index in [0.717, 1.165) is 24.1 Å². The smallest absolute Gasteiger partial charge is 0.261 e. The van der Waals surface area contributed by atoms with Gasteiger partial charge in [0, 0.05) is 12.2 Å². The van der Waals surface area contributed by atoms with Gasteiger partial charge in [-0.25, -0.2) is 0 Å². The Morgan fingerprint density at radius 2 is 2.00 bits per heavy atom. The highest BCUT2D eigenvalue weighted by molar-refractivity contribution is 5.94. The standard InChI is InChI=1S/C19H20N2O2/c1-2-7-15-10-6-13-21(15)19(23)16-11-12-17(20-18(16)22)14-8-4-3-5-9-14/h3-6,8-12,15H,2,7,13H2,1H3,(H,20,22)/t15-/m0/s1. The monoisotopic (exact) mass is 308 g/mol. The number of hydrogen-bond donors (Lipinski definition) is 1. The molecule has 0 saturated carbocycles. The van der Waals surface area contributed by atoms with Crippen molar-refractivity contribution in [2.45, 2.75) is 25.8 Å². The van der Waals surface area contributed by atoms with Crippen LogP contribution in [0.5, 0.6) is 0 Å². The van der Waals surface area contributed by atoms with Crippen molar-refractivity contribution in [3.63, 3.8) is 0 Å². The summed E-state index contributed by atoms with van der Waals surface area (Å²) in [6, 6.07) is 13.1. The van der Waals surface area contributed by atoms with Crippen LogP contribution in [0.15, 0.2) is 59.4 Å². The summed E-state index contributed by atoms with van der Waals surface area (Å²) in [5, 5.41) is 0. The number of hydrogen-bond acceptors (Lipinski definition) is 2. The lowest BCUT2D eigenvalue weighted by Gasteiger charge is -2.24. The van der Waals surface area contributed by atoms with E-state index in [0.29, 0.717) is 6.54 Å². The highest BCUT2D eigenvalue weighted by Gasteiger charge is 2.26. The molecule has 0 radical (unpaired) electrons. The van der Waals surface area contributed by atoms with Crippen molar-refractivity contribution in [1.29, 1.82) is 0 Å². The second-order valence-corrected chi connectivity index (χ2v) is 5.72. The number of aromatic nitrogens is 1. The van der Waals surface area contributed by atoms with E-state index >= 15 is 0 Å². The molecule has 1 aromatic carbocycles. The number of nitrogens with zero attached hydrogens (tertiary/aromatic N) is 1. The Balaban J connectivity index is 1.87. The van der Waals surface area contributed by atoms with Crippen molar-refractivity contribution in [1.82, 2.24) is 9.88 Å². The summed E-state index contributed by atoms with van der Waals surface area (Å²) in [7, 11) is 0. The third-order valence-corrected chi connectivity index (χ3v) is 4.13. The second-order valence-electron chi connectivity index (χ2n) is 5.72. The van der Waals surface area contributed by atoms with Gasteiger partial charge in [-0.05, 0) is 24.1 Å². The summed E-state index contributed by atoms with van der Waals surface area (Å²) in [6.07, 6.45) is 5.96. The van der Waals surface area contributed by atoms with Gasteiger partial charge in [-0.3, -0.25) is 9.59 Å². The first-order valence-electron chi connectivity index (χ1n) is 7.97. The largest absolute Gasteiger partial charge is 0.328 e. The SMILES string of the molecule is CCC[C@H]1C=CCN1C(=O)c1ccc(-c2ccccc2)[nH]c1=O. The zero-order chi connectivity index (χ0) is 16.2. The van der Waals surface area contributed by atoms with Gasteiger partial charge in [-0.2, -0.15) is 0 Å². The summed E-state index contributed by atoms with van der Waals surface area (Å²) in [5.74, 6) is -0.200. The number of carbonyl (C=O) groups is 1. The number of H-pyrrole nitrogens is 1. The van der Waals surface area contributed by atoms with E-state index < -0.39 is 0 Å². The van der Waals surface area contributed by atoms with Crippen LogP contribution >= 0.6 is 0 Å². The number of aromatic amines is 1. The third-order valence-electron chi connectivity index (χ3n) is 4.13. The average molecular weight is 308 g/mol. The molecular weight excluding hydrogens is 288 g/mol. The lowest BCUT2D eigenvalue weighted by Crippen LogP contribution is -2.38. The van der Waals surface area contributed by atoms with Crippen molar-refractivity contribution in [2.24, 2.45) is 0 Å². The molecule has 2 aromatic rings. The molecule has 1 aliphatic heterocycles. The van der Waals surface area contributed by atoms with Crippen LogP contribution in [0, 0.1) is 0 Å². The van der Waals surface area contributed by atoms with Crippen LogP contribution in [-0.4, -0.2) is 28.4 Å². The van der Waals surface area contributed by atoms with E-state index in [2.05, 4.69) is 11.9 Å². The maximum Gasteiger partial charge on any atom is 0.261 e. The number of benzene rings is 1. The Labute approximate surface area is 135 Å². The third kappa shape index (κ3) is 3.11. The highest BCUT2D eigenvalue weighted by atomic mass is 16.2. The number of amides is 1. The van der Waals surface area contributed by atoms with Crippen LogP contribution in [0.4, 0.5) is 0 Å². The Kier molecular flexibility index (Phi) is 4.42. The topological polar surface area (TPSA) is 53.2 Å². The fourth-order valence-corrected chi connectivity index (χ4v) is 2.94. The molecule has 1 amide bonds.